The second-order valence-electron chi connectivity index (χ2n) is 28.3. The summed E-state index contributed by atoms with van der Waals surface area (Å²) in [4.78, 5) is 24.7. The lowest BCUT2D eigenvalue weighted by Crippen LogP contribution is -2.68. The van der Waals surface area contributed by atoms with Crippen molar-refractivity contribution in [3.63, 3.8) is 0 Å². The molecule has 6 bridgehead atoms. The minimum absolute atomic E-state index is 0.0984. The van der Waals surface area contributed by atoms with Gasteiger partial charge >= 0.3 is 0 Å². The third-order valence-electron chi connectivity index (χ3n) is 24.5. The molecule has 1 aliphatic heterocycles. The zero-order chi connectivity index (χ0) is 52.2. The molecule has 20 atom stereocenters. The van der Waals surface area contributed by atoms with Crippen LogP contribution in [0.4, 0.5) is 0 Å². The molecule has 2 spiro atoms. The number of aliphatic hydroxyl groups is 6. The van der Waals surface area contributed by atoms with Gasteiger partial charge in [-0.15, -0.1) is 0 Å². The standard InChI is InChI=1S/C61H89N5O7S2/c1-33(68)65-55(62)64-29-36-26-59(31-67)42-24-48(61(59,73)44-23-45(69)43-22-46(70)47(71)28-57(43,4)51(36)44)60(16-6-5-7-17-60)75-74-30-38(66-19-18-63-32-66)27-56(2,3)53-41-20-34-13-14-37-11-9-15-58(37,25-34)52(41)39-12-8-10-35-21-40(42)54(72)50(53)49(35)39/h18-19,23,32-38,40,42-43,46-48,50-52,54,67-68,70-73H,5-17,20-22,24-31H2,1-4H3,(H3,62,64,65)/t33-,34-,35+,36-,37-,38-,40-,42+,43-,46+,47-,48+,50+,51-,52+,54-,57-,58+,59-,61-/m0/s1. The molecule has 12 nitrogen and oxygen atoms in total. The van der Waals surface area contributed by atoms with E-state index in [0.717, 1.165) is 82.3 Å². The van der Waals surface area contributed by atoms with Gasteiger partial charge in [0.2, 0.25) is 0 Å². The number of hydrogen-bond donors (Lipinski definition) is 8. The summed E-state index contributed by atoms with van der Waals surface area (Å²) in [5.74, 6) is 0.748. The van der Waals surface area contributed by atoms with E-state index in [1.165, 1.54) is 44.1 Å². The summed E-state index contributed by atoms with van der Waals surface area (Å²) in [6, 6.07) is 0.139. The van der Waals surface area contributed by atoms with Gasteiger partial charge in [-0.05, 0) is 185 Å². The average Bonchev–Trinajstić information content (AvgIpc) is 4.12. The van der Waals surface area contributed by atoms with Crippen LogP contribution < -0.4 is 11.1 Å². The van der Waals surface area contributed by atoms with Crippen molar-refractivity contribution in [3.05, 3.63) is 52.7 Å². The third kappa shape index (κ3) is 7.59. The number of guanidine groups is 1. The lowest BCUT2D eigenvalue weighted by molar-refractivity contribution is -0.189. The van der Waals surface area contributed by atoms with E-state index in [2.05, 4.69) is 41.8 Å². The Labute approximate surface area is 453 Å². The molecule has 9 fully saturated rings. The number of aliphatic hydroxyl groups excluding tert-OH is 5. The highest BCUT2D eigenvalue weighted by molar-refractivity contribution is 8.77. The normalized spacial score (nSPS) is 48.1. The number of allylic oxidation sites excluding steroid dienone is 3. The first kappa shape index (κ1) is 52.2. The summed E-state index contributed by atoms with van der Waals surface area (Å²) < 4.78 is 1.95. The fraction of sp³-hybridized carbons (Fsp3) is 0.820. The summed E-state index contributed by atoms with van der Waals surface area (Å²) in [6.45, 7) is 8.67. The molecule has 9 N–H and O–H groups in total. The molecule has 75 heavy (non-hydrogen) atoms. The number of hydrogen-bond acceptors (Lipinski definition) is 11. The maximum atomic E-state index is 15.2. The quantitative estimate of drug-likeness (QED) is 0.0458. The number of rotatable bonds is 5. The first-order valence-corrected chi connectivity index (χ1v) is 32.3. The highest BCUT2D eigenvalue weighted by atomic mass is 33.1. The Kier molecular flexibility index (Phi) is 13.0. The van der Waals surface area contributed by atoms with Crippen LogP contribution in [0.3, 0.4) is 0 Å². The van der Waals surface area contributed by atoms with Crippen LogP contribution in [0.1, 0.15) is 169 Å². The predicted molar refractivity (Wildman–Crippen MR) is 295 cm³/mol. The molecule has 2 heterocycles. The minimum atomic E-state index is -1.64. The monoisotopic (exact) mass is 1070 g/mol. The van der Waals surface area contributed by atoms with E-state index in [-0.39, 0.29) is 78.8 Å². The molecule has 14 heteroatoms. The van der Waals surface area contributed by atoms with Gasteiger partial charge in [-0.1, -0.05) is 90.3 Å². The number of carbonyl (C=O) groups excluding carboxylic acids is 1. The number of carbonyl (C=O) groups is 1. The van der Waals surface area contributed by atoms with Gasteiger partial charge in [-0.2, -0.15) is 0 Å². The lowest BCUT2D eigenvalue weighted by Gasteiger charge is -2.65. The molecule has 0 radical (unpaired) electrons. The minimum Gasteiger partial charge on any atom is -0.396 e. The maximum absolute atomic E-state index is 15.2. The van der Waals surface area contributed by atoms with Gasteiger partial charge in [0.15, 0.2) is 11.7 Å². The van der Waals surface area contributed by atoms with E-state index < -0.39 is 57.6 Å². The third-order valence-corrected chi connectivity index (χ3v) is 27.9. The van der Waals surface area contributed by atoms with Crippen molar-refractivity contribution >= 4 is 33.3 Å². The van der Waals surface area contributed by atoms with Crippen LogP contribution in [0.15, 0.2) is 57.7 Å². The Morgan fingerprint density at radius 3 is 2.53 bits per heavy atom. The Morgan fingerprint density at radius 2 is 1.77 bits per heavy atom. The number of nitrogens with one attached hydrogen (secondary N) is 1. The second kappa shape index (κ2) is 18.7. The second-order valence-corrected chi connectivity index (χ2v) is 31.1. The Bertz CT molecular complexity index is 2540. The highest BCUT2D eigenvalue weighted by Crippen LogP contribution is 2.77. The number of aliphatic imine (C=N–C) groups is 1. The molecule has 0 amide bonds. The molecule has 1 aromatic heterocycles. The largest absolute Gasteiger partial charge is 0.396 e. The van der Waals surface area contributed by atoms with Crippen LogP contribution in [-0.4, -0.2) is 106 Å². The Balaban J connectivity index is 1.04. The van der Waals surface area contributed by atoms with E-state index in [1.54, 1.807) is 29.7 Å². The number of imidazole rings is 1. The van der Waals surface area contributed by atoms with Crippen molar-refractivity contribution in [2.45, 2.75) is 203 Å². The molecule has 0 unspecified atom stereocenters. The van der Waals surface area contributed by atoms with E-state index in [9.17, 15) is 25.5 Å². The maximum Gasteiger partial charge on any atom is 0.190 e. The highest BCUT2D eigenvalue weighted by Gasteiger charge is 2.77. The van der Waals surface area contributed by atoms with Gasteiger partial charge in [-0.3, -0.25) is 9.79 Å². The van der Waals surface area contributed by atoms with Crippen LogP contribution in [0.2, 0.25) is 0 Å². The first-order valence-electron chi connectivity index (χ1n) is 30.0. The SMILES string of the molecule is C[C@H](O)NC(N)=NC[C@@H]1C[C@]2(CO)[C@@H]3C[C@H](C4(CCCCC4)SSC[C@@H](n4ccnc4)CC(C)(C)C4=C5C[C@@H]6CC[C@@H]7CCC[C@]7(C6)[C@@H]5C5=C6[C@H](CCC5)C[C@@H]3[C@H](O)[C@H]64)[C@@]2(O)C2=CC(=O)[C@@H]3C[C@@H](O)[C@@H](O)C[C@]3(C)[C@H]21. The number of nitrogens with zero attached hydrogens (tertiary/aromatic N) is 3. The van der Waals surface area contributed by atoms with Crippen molar-refractivity contribution in [1.29, 1.82) is 0 Å². The van der Waals surface area contributed by atoms with Crippen molar-refractivity contribution in [1.82, 2.24) is 14.9 Å². The van der Waals surface area contributed by atoms with Gasteiger partial charge in [0.1, 0.15) is 6.23 Å². The summed E-state index contributed by atoms with van der Waals surface area (Å²) in [7, 11) is 3.94. The van der Waals surface area contributed by atoms with Crippen LogP contribution >= 0.6 is 21.6 Å². The molecule has 13 rings (SSSR count). The van der Waals surface area contributed by atoms with Crippen LogP contribution in [0.25, 0.3) is 0 Å². The van der Waals surface area contributed by atoms with Gasteiger partial charge in [0, 0.05) is 64.6 Å². The van der Waals surface area contributed by atoms with E-state index >= 15 is 9.90 Å². The van der Waals surface area contributed by atoms with Gasteiger partial charge in [-0.25, -0.2) is 4.98 Å². The van der Waals surface area contributed by atoms with Crippen molar-refractivity contribution in [2.75, 3.05) is 18.9 Å². The molecule has 8 saturated carbocycles. The van der Waals surface area contributed by atoms with Crippen LogP contribution in [-0.2, 0) is 4.79 Å². The number of fused-ring (bicyclic) bond motifs is 15. The van der Waals surface area contributed by atoms with Crippen LogP contribution in [0.5, 0.6) is 0 Å². The summed E-state index contributed by atoms with van der Waals surface area (Å²) in [6.07, 6.45) is 24.8. The van der Waals surface area contributed by atoms with E-state index in [0.29, 0.717) is 41.6 Å². The average molecular weight is 1070 g/mol. The number of aromatic nitrogens is 2. The molecule has 11 aliphatic carbocycles. The molecule has 0 aromatic carbocycles. The van der Waals surface area contributed by atoms with Gasteiger partial charge < -0.3 is 46.3 Å². The molecule has 12 aliphatic rings. The van der Waals surface area contributed by atoms with Crippen molar-refractivity contribution < 1.29 is 35.4 Å². The predicted octanol–water partition coefficient (Wildman–Crippen LogP) is 8.82. The zero-order valence-corrected chi connectivity index (χ0v) is 47.0. The molecule has 1 aromatic rings. The summed E-state index contributed by atoms with van der Waals surface area (Å²) >= 11 is 0. The van der Waals surface area contributed by atoms with Gasteiger partial charge in [0.05, 0.1) is 36.8 Å². The smallest absolute Gasteiger partial charge is 0.190 e. The number of ketones is 1. The van der Waals surface area contributed by atoms with Crippen molar-refractivity contribution in [2.24, 2.45) is 97.5 Å². The topological polar surface area (TPSA) is 207 Å². The molecular weight excluding hydrogens is 979 g/mol. The first-order chi connectivity index (χ1) is 35.9. The number of nitrogens with two attached hydrogens (primary N) is 1. The fourth-order valence-corrected chi connectivity index (χ4v) is 25.9. The molecular formula is C61H89N5O7S2. The van der Waals surface area contributed by atoms with Crippen molar-refractivity contribution in [3.8, 4) is 0 Å². The Morgan fingerprint density at radius 1 is 0.960 bits per heavy atom. The molecule has 1 saturated heterocycles. The lowest BCUT2D eigenvalue weighted by atomic mass is 9.41. The van der Waals surface area contributed by atoms with Gasteiger partial charge in [0.25, 0.3) is 0 Å². The van der Waals surface area contributed by atoms with E-state index in [4.69, 9.17) is 10.7 Å². The zero-order valence-electron chi connectivity index (χ0n) is 45.3. The van der Waals surface area contributed by atoms with E-state index in [1.807, 2.05) is 34.1 Å². The summed E-state index contributed by atoms with van der Waals surface area (Å²) in [5, 5.41) is 78.5. The molecule has 412 valence electrons. The Hall–Kier alpha value is -2.17. The summed E-state index contributed by atoms with van der Waals surface area (Å²) in [5.41, 5.74) is 10.2. The fourth-order valence-electron chi connectivity index (χ4n) is 22.1. The van der Waals surface area contributed by atoms with Crippen LogP contribution in [0, 0.1) is 86.8 Å².